The second-order valence-corrected chi connectivity index (χ2v) is 3.78. The lowest BCUT2D eigenvalue weighted by atomic mass is 10.0. The quantitative estimate of drug-likeness (QED) is 0.869. The van der Waals surface area contributed by atoms with Gasteiger partial charge in [-0.2, -0.15) is 0 Å². The van der Waals surface area contributed by atoms with Crippen LogP contribution in [0.3, 0.4) is 0 Å². The monoisotopic (exact) mass is 246 g/mol. The number of aromatic carboxylic acids is 2. The summed E-state index contributed by atoms with van der Waals surface area (Å²) < 4.78 is 5.12. The van der Waals surface area contributed by atoms with Crippen molar-refractivity contribution in [3.8, 4) is 11.3 Å². The lowest BCUT2D eigenvalue weighted by Gasteiger charge is -2.03. The molecule has 0 spiro atoms. The van der Waals surface area contributed by atoms with Crippen molar-refractivity contribution in [3.63, 3.8) is 0 Å². The van der Waals surface area contributed by atoms with Crippen molar-refractivity contribution in [2.75, 3.05) is 0 Å². The molecule has 1 aromatic carbocycles. The van der Waals surface area contributed by atoms with Gasteiger partial charge >= 0.3 is 11.9 Å². The molecule has 0 aliphatic rings. The lowest BCUT2D eigenvalue weighted by molar-refractivity contribution is 0.0653. The van der Waals surface area contributed by atoms with Gasteiger partial charge in [-0.1, -0.05) is 24.3 Å². The van der Waals surface area contributed by atoms with Gasteiger partial charge in [-0.25, -0.2) is 9.59 Å². The van der Waals surface area contributed by atoms with Crippen LogP contribution >= 0.6 is 0 Å². The Bertz CT molecular complexity index is 624. The predicted molar refractivity (Wildman–Crippen MR) is 62.8 cm³/mol. The molecule has 0 bridgehead atoms. The minimum atomic E-state index is -1.32. The SMILES string of the molecule is Cc1ccccc1-c1occ(C(=O)O)c1C(=O)O. The normalized spacial score (nSPS) is 10.3. The number of hydrogen-bond acceptors (Lipinski definition) is 3. The Labute approximate surface area is 102 Å². The Morgan fingerprint density at radius 2 is 1.78 bits per heavy atom. The van der Waals surface area contributed by atoms with E-state index in [4.69, 9.17) is 14.6 Å². The van der Waals surface area contributed by atoms with Crippen LogP contribution in [0.25, 0.3) is 11.3 Å². The van der Waals surface area contributed by atoms with E-state index in [1.165, 1.54) is 0 Å². The first-order valence-corrected chi connectivity index (χ1v) is 5.16. The number of benzene rings is 1. The van der Waals surface area contributed by atoms with Crippen LogP contribution in [-0.4, -0.2) is 22.2 Å². The summed E-state index contributed by atoms with van der Waals surface area (Å²) in [6.45, 7) is 1.80. The fourth-order valence-electron chi connectivity index (χ4n) is 1.75. The molecule has 2 N–H and O–H groups in total. The zero-order valence-electron chi connectivity index (χ0n) is 9.51. The first-order valence-electron chi connectivity index (χ1n) is 5.16. The number of aryl methyl sites for hydroxylation is 1. The maximum Gasteiger partial charge on any atom is 0.340 e. The van der Waals surface area contributed by atoms with Crippen LogP contribution in [0, 0.1) is 6.92 Å². The molecule has 5 heteroatoms. The molecule has 0 atom stereocenters. The van der Waals surface area contributed by atoms with Crippen molar-refractivity contribution in [2.45, 2.75) is 6.92 Å². The van der Waals surface area contributed by atoms with Crippen LogP contribution in [-0.2, 0) is 0 Å². The maximum atomic E-state index is 11.2. The summed E-state index contributed by atoms with van der Waals surface area (Å²) in [6, 6.07) is 7.02. The van der Waals surface area contributed by atoms with Gasteiger partial charge in [0, 0.05) is 5.56 Å². The molecule has 1 aromatic heterocycles. The van der Waals surface area contributed by atoms with Crippen molar-refractivity contribution >= 4 is 11.9 Å². The summed E-state index contributed by atoms with van der Waals surface area (Å²) in [5, 5.41) is 18.0. The molecule has 0 saturated heterocycles. The maximum absolute atomic E-state index is 11.2. The minimum Gasteiger partial charge on any atom is -0.478 e. The minimum absolute atomic E-state index is 0.0676. The van der Waals surface area contributed by atoms with Crippen LogP contribution in [0.1, 0.15) is 26.3 Å². The fraction of sp³-hybridized carbons (Fsp3) is 0.0769. The molecule has 1 heterocycles. The Hall–Kier alpha value is -2.56. The summed E-state index contributed by atoms with van der Waals surface area (Å²) in [6.07, 6.45) is 0.952. The topological polar surface area (TPSA) is 87.7 Å². The van der Waals surface area contributed by atoms with Crippen LogP contribution in [0.5, 0.6) is 0 Å². The Kier molecular flexibility index (Phi) is 2.89. The summed E-state index contributed by atoms with van der Waals surface area (Å²) >= 11 is 0. The molecule has 0 radical (unpaired) electrons. The zero-order valence-corrected chi connectivity index (χ0v) is 9.51. The number of carboxylic acid groups (broad SMARTS) is 2. The van der Waals surface area contributed by atoms with Crippen molar-refractivity contribution in [1.82, 2.24) is 0 Å². The van der Waals surface area contributed by atoms with E-state index in [1.54, 1.807) is 31.2 Å². The molecule has 0 aliphatic heterocycles. The smallest absolute Gasteiger partial charge is 0.340 e. The highest BCUT2D eigenvalue weighted by Crippen LogP contribution is 2.30. The molecule has 0 unspecified atom stereocenters. The first-order chi connectivity index (χ1) is 8.52. The molecular weight excluding hydrogens is 236 g/mol. The molecular formula is C13H10O5. The highest BCUT2D eigenvalue weighted by Gasteiger charge is 2.26. The van der Waals surface area contributed by atoms with Gasteiger partial charge < -0.3 is 14.6 Å². The number of furan rings is 1. The number of carbonyl (C=O) groups is 2. The highest BCUT2D eigenvalue weighted by molar-refractivity contribution is 6.05. The second kappa shape index (κ2) is 4.37. The number of hydrogen-bond donors (Lipinski definition) is 2. The van der Waals surface area contributed by atoms with Gasteiger partial charge in [0.1, 0.15) is 23.2 Å². The Morgan fingerprint density at radius 3 is 2.33 bits per heavy atom. The Balaban J connectivity index is 2.70. The van der Waals surface area contributed by atoms with E-state index < -0.39 is 11.9 Å². The van der Waals surface area contributed by atoms with Gasteiger partial charge in [-0.3, -0.25) is 0 Å². The van der Waals surface area contributed by atoms with E-state index >= 15 is 0 Å². The molecule has 18 heavy (non-hydrogen) atoms. The average molecular weight is 246 g/mol. The zero-order chi connectivity index (χ0) is 13.3. The summed E-state index contributed by atoms with van der Waals surface area (Å²) in [5.41, 5.74) is 0.714. The van der Waals surface area contributed by atoms with E-state index in [9.17, 15) is 9.59 Å². The van der Waals surface area contributed by atoms with Crippen molar-refractivity contribution in [3.05, 3.63) is 47.2 Å². The van der Waals surface area contributed by atoms with Crippen molar-refractivity contribution in [2.24, 2.45) is 0 Å². The third-order valence-electron chi connectivity index (χ3n) is 2.62. The van der Waals surface area contributed by atoms with Crippen LogP contribution < -0.4 is 0 Å². The predicted octanol–water partition coefficient (Wildman–Crippen LogP) is 2.65. The summed E-state index contributed by atoms with van der Waals surface area (Å²) in [5.74, 6) is -2.58. The third kappa shape index (κ3) is 1.86. The van der Waals surface area contributed by atoms with Gasteiger partial charge in [0.2, 0.25) is 0 Å². The third-order valence-corrected chi connectivity index (χ3v) is 2.62. The summed E-state index contributed by atoms with van der Waals surface area (Å²) in [4.78, 5) is 22.1. The fourth-order valence-corrected chi connectivity index (χ4v) is 1.75. The van der Waals surface area contributed by atoms with E-state index in [0.29, 0.717) is 5.56 Å². The van der Waals surface area contributed by atoms with Crippen LogP contribution in [0.2, 0.25) is 0 Å². The molecule has 92 valence electrons. The molecule has 0 saturated carbocycles. The van der Waals surface area contributed by atoms with Crippen molar-refractivity contribution < 1.29 is 24.2 Å². The number of carboxylic acids is 2. The second-order valence-electron chi connectivity index (χ2n) is 3.78. The van der Waals surface area contributed by atoms with Gasteiger partial charge in [0.15, 0.2) is 0 Å². The molecule has 2 rings (SSSR count). The largest absolute Gasteiger partial charge is 0.478 e. The van der Waals surface area contributed by atoms with E-state index in [1.807, 2.05) is 0 Å². The van der Waals surface area contributed by atoms with Crippen LogP contribution in [0.15, 0.2) is 34.9 Å². The average Bonchev–Trinajstić information content (AvgIpc) is 2.74. The van der Waals surface area contributed by atoms with E-state index in [-0.39, 0.29) is 16.9 Å². The van der Waals surface area contributed by atoms with E-state index in [0.717, 1.165) is 11.8 Å². The first kappa shape index (κ1) is 11.9. The molecule has 0 aliphatic carbocycles. The van der Waals surface area contributed by atoms with Gasteiger partial charge in [0.25, 0.3) is 0 Å². The summed E-state index contributed by atoms with van der Waals surface area (Å²) in [7, 11) is 0. The molecule has 0 amide bonds. The van der Waals surface area contributed by atoms with Gasteiger partial charge in [-0.05, 0) is 12.5 Å². The number of rotatable bonds is 3. The molecule has 5 nitrogen and oxygen atoms in total. The standard InChI is InChI=1S/C13H10O5/c1-7-4-2-3-5-8(7)11-10(13(16)17)9(6-18-11)12(14)15/h2-6H,1H3,(H,14,15)(H,16,17). The van der Waals surface area contributed by atoms with Gasteiger partial charge in [-0.15, -0.1) is 0 Å². The van der Waals surface area contributed by atoms with Crippen molar-refractivity contribution in [1.29, 1.82) is 0 Å². The lowest BCUT2D eigenvalue weighted by Crippen LogP contribution is -2.06. The van der Waals surface area contributed by atoms with Crippen LogP contribution in [0.4, 0.5) is 0 Å². The highest BCUT2D eigenvalue weighted by atomic mass is 16.4. The van der Waals surface area contributed by atoms with Gasteiger partial charge in [0.05, 0.1) is 0 Å². The molecule has 2 aromatic rings. The Morgan fingerprint density at radius 1 is 1.11 bits per heavy atom. The molecule has 0 fully saturated rings. The van der Waals surface area contributed by atoms with E-state index in [2.05, 4.69) is 0 Å².